The van der Waals surface area contributed by atoms with Gasteiger partial charge in [0, 0.05) is 32.7 Å². The number of aldehydes is 1. The van der Waals surface area contributed by atoms with E-state index in [1.807, 2.05) is 6.92 Å². The molecule has 90 valence electrons. The molecule has 0 atom stereocenters. The molecule has 0 bridgehead atoms. The number of rotatable bonds is 7. The molecular formula is C9H20NO4P. The normalized spacial score (nSPS) is 13.2. The van der Waals surface area contributed by atoms with Crippen molar-refractivity contribution >= 4 is 14.0 Å². The quantitative estimate of drug-likeness (QED) is 0.500. The van der Waals surface area contributed by atoms with E-state index in [4.69, 9.17) is 9.05 Å². The lowest BCUT2D eigenvalue weighted by atomic mass is 9.96. The van der Waals surface area contributed by atoms with Gasteiger partial charge in [0.05, 0.1) is 0 Å². The van der Waals surface area contributed by atoms with Gasteiger partial charge < -0.3 is 4.79 Å². The second-order valence-electron chi connectivity index (χ2n) is 3.92. The summed E-state index contributed by atoms with van der Waals surface area (Å²) in [6.45, 7) is 6.23. The Morgan fingerprint density at radius 3 is 2.07 bits per heavy atom. The van der Waals surface area contributed by atoms with Gasteiger partial charge >= 0.3 is 7.75 Å². The highest BCUT2D eigenvalue weighted by Crippen LogP contribution is 2.51. The van der Waals surface area contributed by atoms with Crippen LogP contribution >= 0.6 is 7.75 Å². The molecule has 0 heterocycles. The minimum Gasteiger partial charge on any atom is -0.303 e. The third kappa shape index (κ3) is 4.03. The minimum absolute atomic E-state index is 0.339. The Bertz CT molecular complexity index is 246. The Morgan fingerprint density at radius 2 is 1.80 bits per heavy atom. The number of nitrogens with zero attached hydrogens (tertiary/aromatic N) is 1. The predicted octanol–water partition coefficient (Wildman–Crippen LogP) is 1.93. The Morgan fingerprint density at radius 1 is 1.33 bits per heavy atom. The summed E-state index contributed by atoms with van der Waals surface area (Å²) in [5.74, 6) is 0. The van der Waals surface area contributed by atoms with E-state index in [1.165, 1.54) is 14.2 Å². The van der Waals surface area contributed by atoms with E-state index in [0.29, 0.717) is 13.1 Å². The smallest absolute Gasteiger partial charge is 0.303 e. The van der Waals surface area contributed by atoms with Crippen molar-refractivity contribution in [2.75, 3.05) is 27.3 Å². The Kier molecular flexibility index (Phi) is 5.67. The molecule has 0 aliphatic rings. The van der Waals surface area contributed by atoms with Gasteiger partial charge in [-0.1, -0.05) is 20.8 Å². The molecule has 0 saturated carbocycles. The first-order valence-electron chi connectivity index (χ1n) is 4.78. The van der Waals surface area contributed by atoms with Crippen LogP contribution in [-0.4, -0.2) is 38.3 Å². The van der Waals surface area contributed by atoms with E-state index in [2.05, 4.69) is 0 Å². The molecule has 0 amide bonds. The summed E-state index contributed by atoms with van der Waals surface area (Å²) in [7, 11) is -0.558. The Labute approximate surface area is 91.3 Å². The first-order valence-corrected chi connectivity index (χ1v) is 6.28. The zero-order valence-corrected chi connectivity index (χ0v) is 10.9. The van der Waals surface area contributed by atoms with Crippen molar-refractivity contribution in [2.24, 2.45) is 5.41 Å². The van der Waals surface area contributed by atoms with Crippen LogP contribution in [0, 0.1) is 5.41 Å². The third-order valence-electron chi connectivity index (χ3n) is 2.08. The highest BCUT2D eigenvalue weighted by molar-refractivity contribution is 7.51. The molecule has 0 aliphatic heterocycles. The summed E-state index contributed by atoms with van der Waals surface area (Å²) < 4.78 is 23.3. The van der Waals surface area contributed by atoms with Crippen LogP contribution < -0.4 is 0 Å². The molecule has 0 rings (SSSR count). The average Bonchev–Trinajstić information content (AvgIpc) is 2.24. The fourth-order valence-electron chi connectivity index (χ4n) is 1.18. The molecular weight excluding hydrogens is 217 g/mol. The predicted molar refractivity (Wildman–Crippen MR) is 58.7 cm³/mol. The molecule has 0 radical (unpaired) electrons. The molecule has 0 spiro atoms. The van der Waals surface area contributed by atoms with Gasteiger partial charge in [-0.05, 0) is 0 Å². The average molecular weight is 237 g/mol. The SMILES string of the molecule is CCN(CC(C)(C)C=O)P(=O)(OC)OC. The maximum atomic E-state index is 12.0. The largest absolute Gasteiger partial charge is 0.407 e. The molecule has 0 N–H and O–H groups in total. The van der Waals surface area contributed by atoms with E-state index in [-0.39, 0.29) is 0 Å². The zero-order chi connectivity index (χ0) is 12.1. The van der Waals surface area contributed by atoms with Gasteiger partial charge in [-0.25, -0.2) is 9.24 Å². The van der Waals surface area contributed by atoms with Gasteiger partial charge in [-0.15, -0.1) is 0 Å². The van der Waals surface area contributed by atoms with Gasteiger partial charge in [0.2, 0.25) is 0 Å². The van der Waals surface area contributed by atoms with Crippen molar-refractivity contribution in [3.63, 3.8) is 0 Å². The van der Waals surface area contributed by atoms with Crippen LogP contribution in [0.1, 0.15) is 20.8 Å². The fraction of sp³-hybridized carbons (Fsp3) is 0.889. The monoisotopic (exact) mass is 237 g/mol. The number of hydrogen-bond donors (Lipinski definition) is 0. The summed E-state index contributed by atoms with van der Waals surface area (Å²) in [5.41, 5.74) is -0.567. The molecule has 0 aromatic heterocycles. The van der Waals surface area contributed by atoms with Crippen molar-refractivity contribution in [1.29, 1.82) is 0 Å². The van der Waals surface area contributed by atoms with Gasteiger partial charge in [-0.3, -0.25) is 9.05 Å². The van der Waals surface area contributed by atoms with Crippen LogP contribution in [-0.2, 0) is 18.4 Å². The van der Waals surface area contributed by atoms with Gasteiger partial charge in [0.25, 0.3) is 0 Å². The van der Waals surface area contributed by atoms with Crippen molar-refractivity contribution in [1.82, 2.24) is 4.67 Å². The van der Waals surface area contributed by atoms with Crippen molar-refractivity contribution in [2.45, 2.75) is 20.8 Å². The molecule has 0 aliphatic carbocycles. The van der Waals surface area contributed by atoms with Crippen LogP contribution in [0.5, 0.6) is 0 Å². The van der Waals surface area contributed by atoms with E-state index in [9.17, 15) is 9.36 Å². The second-order valence-corrected chi connectivity index (χ2v) is 6.15. The number of hydrogen-bond acceptors (Lipinski definition) is 4. The maximum absolute atomic E-state index is 12.0. The lowest BCUT2D eigenvalue weighted by Gasteiger charge is -2.31. The van der Waals surface area contributed by atoms with Crippen LogP contribution in [0.3, 0.4) is 0 Å². The molecule has 0 saturated heterocycles. The number of carbonyl (C=O) groups is 1. The molecule has 0 aromatic carbocycles. The van der Waals surface area contributed by atoms with Crippen molar-refractivity contribution in [3.05, 3.63) is 0 Å². The van der Waals surface area contributed by atoms with E-state index >= 15 is 0 Å². The standard InChI is InChI=1S/C9H20NO4P/c1-6-10(7-9(2,3)8-11)15(12,13-4)14-5/h8H,6-7H2,1-5H3. The summed E-state index contributed by atoms with van der Waals surface area (Å²) in [4.78, 5) is 10.8. The zero-order valence-electron chi connectivity index (χ0n) is 10.0. The third-order valence-corrected chi connectivity index (χ3v) is 4.12. The summed E-state index contributed by atoms with van der Waals surface area (Å²) in [5, 5.41) is 0. The molecule has 5 nitrogen and oxygen atoms in total. The molecule has 15 heavy (non-hydrogen) atoms. The Hall–Kier alpha value is -0.220. The van der Waals surface area contributed by atoms with Crippen LogP contribution in [0.2, 0.25) is 0 Å². The summed E-state index contributed by atoms with van der Waals surface area (Å²) in [6, 6.07) is 0. The van der Waals surface area contributed by atoms with Gasteiger partial charge in [0.15, 0.2) is 0 Å². The van der Waals surface area contributed by atoms with E-state index < -0.39 is 13.2 Å². The van der Waals surface area contributed by atoms with Crippen molar-refractivity contribution < 1.29 is 18.4 Å². The summed E-state index contributed by atoms with van der Waals surface area (Å²) >= 11 is 0. The van der Waals surface area contributed by atoms with Gasteiger partial charge in [0.1, 0.15) is 6.29 Å². The molecule has 0 aromatic rings. The van der Waals surface area contributed by atoms with Crippen LogP contribution in [0.15, 0.2) is 0 Å². The fourth-order valence-corrected chi connectivity index (χ4v) is 2.68. The molecule has 0 unspecified atom stereocenters. The van der Waals surface area contributed by atoms with Crippen LogP contribution in [0.4, 0.5) is 0 Å². The van der Waals surface area contributed by atoms with E-state index in [0.717, 1.165) is 6.29 Å². The first kappa shape index (κ1) is 14.8. The van der Waals surface area contributed by atoms with E-state index in [1.54, 1.807) is 18.5 Å². The number of carbonyl (C=O) groups excluding carboxylic acids is 1. The lowest BCUT2D eigenvalue weighted by molar-refractivity contribution is -0.115. The highest BCUT2D eigenvalue weighted by Gasteiger charge is 2.34. The minimum atomic E-state index is -3.23. The second kappa shape index (κ2) is 5.75. The van der Waals surface area contributed by atoms with Crippen LogP contribution in [0.25, 0.3) is 0 Å². The maximum Gasteiger partial charge on any atom is 0.407 e. The highest BCUT2D eigenvalue weighted by atomic mass is 31.2. The molecule has 0 fully saturated rings. The molecule has 6 heteroatoms. The topological polar surface area (TPSA) is 55.8 Å². The van der Waals surface area contributed by atoms with Gasteiger partial charge in [-0.2, -0.15) is 0 Å². The first-order chi connectivity index (χ1) is 6.85. The Balaban J connectivity index is 4.77. The van der Waals surface area contributed by atoms with Crippen molar-refractivity contribution in [3.8, 4) is 0 Å². The lowest BCUT2D eigenvalue weighted by Crippen LogP contribution is -2.33. The summed E-state index contributed by atoms with van der Waals surface area (Å²) in [6.07, 6.45) is 0.839.